The summed E-state index contributed by atoms with van der Waals surface area (Å²) in [5, 5.41) is 1.31. The van der Waals surface area contributed by atoms with Crippen LogP contribution >= 0.6 is 47.4 Å². The molecule has 0 saturated carbocycles. The molecule has 54 valence electrons. The van der Waals surface area contributed by atoms with Crippen LogP contribution in [0.1, 0.15) is 0 Å². The van der Waals surface area contributed by atoms with Crippen LogP contribution in [0.4, 0.5) is 0 Å². The number of hydrogen-bond donors (Lipinski definition) is 1. The molecule has 5 heteroatoms. The highest BCUT2D eigenvalue weighted by molar-refractivity contribution is 7.80. The molecule has 0 spiro atoms. The third-order valence-corrected chi connectivity index (χ3v) is 2.61. The van der Waals surface area contributed by atoms with Gasteiger partial charge in [-0.25, -0.2) is 4.98 Å². The maximum atomic E-state index is 5.63. The molecule has 0 aromatic carbocycles. The van der Waals surface area contributed by atoms with Crippen molar-refractivity contribution in [1.82, 2.24) is 4.98 Å². The summed E-state index contributed by atoms with van der Waals surface area (Å²) in [5.41, 5.74) is 0. The van der Waals surface area contributed by atoms with Gasteiger partial charge in [0.05, 0.1) is 15.1 Å². The molecule has 0 bridgehead atoms. The van der Waals surface area contributed by atoms with Crippen molar-refractivity contribution in [2.45, 2.75) is 5.03 Å². The summed E-state index contributed by atoms with van der Waals surface area (Å²) < 4.78 is 0. The van der Waals surface area contributed by atoms with Gasteiger partial charge in [0, 0.05) is 6.20 Å². The Morgan fingerprint density at radius 2 is 1.80 bits per heavy atom. The summed E-state index contributed by atoms with van der Waals surface area (Å²) in [6.07, 6.45) is 1.40. The molecule has 0 N–H and O–H groups in total. The highest BCUT2D eigenvalue weighted by Crippen LogP contribution is 2.32. The Hall–Kier alpha value is 0.370. The Morgan fingerprint density at radius 3 is 2.30 bits per heavy atom. The fourth-order valence-electron chi connectivity index (χ4n) is 0.434. The topological polar surface area (TPSA) is 12.9 Å². The summed E-state index contributed by atoms with van der Waals surface area (Å²) in [7, 11) is 0. The molecule has 0 radical (unpaired) electrons. The summed E-state index contributed by atoms with van der Waals surface area (Å²) in [4.78, 5) is 3.75. The third-order valence-electron chi connectivity index (χ3n) is 0.899. The molecule has 1 aromatic rings. The number of hydrogen-bond acceptors (Lipinski definition) is 2. The van der Waals surface area contributed by atoms with Crippen LogP contribution in [0.5, 0.6) is 0 Å². The standard InChI is InChI=1S/C5H2Cl3NS/c6-2-1-9-5(10)4(8)3(2)7/h1H,(H,9,10). The number of aromatic nitrogens is 1. The van der Waals surface area contributed by atoms with E-state index >= 15 is 0 Å². The van der Waals surface area contributed by atoms with E-state index in [1.54, 1.807) is 0 Å². The van der Waals surface area contributed by atoms with Gasteiger partial charge < -0.3 is 0 Å². The second-order valence-electron chi connectivity index (χ2n) is 1.56. The molecule has 10 heavy (non-hydrogen) atoms. The minimum absolute atomic E-state index is 0.289. The number of rotatable bonds is 0. The smallest absolute Gasteiger partial charge is 0.113 e. The molecule has 0 atom stereocenters. The molecule has 0 aliphatic carbocycles. The predicted octanol–water partition coefficient (Wildman–Crippen LogP) is 3.33. The summed E-state index contributed by atoms with van der Waals surface area (Å²) in [6, 6.07) is 0. The lowest BCUT2D eigenvalue weighted by Crippen LogP contribution is -1.79. The first kappa shape index (κ1) is 8.47. The van der Waals surface area contributed by atoms with Gasteiger partial charge in [-0.05, 0) is 0 Å². The van der Waals surface area contributed by atoms with Crippen LogP contribution in [0, 0.1) is 0 Å². The SMILES string of the molecule is Sc1ncc(Cl)c(Cl)c1Cl. The average molecular weight is 215 g/mol. The fourth-order valence-corrected chi connectivity index (χ4v) is 1.15. The molecule has 0 amide bonds. The molecular formula is C5H2Cl3NS. The third kappa shape index (κ3) is 1.51. The summed E-state index contributed by atoms with van der Waals surface area (Å²) >= 11 is 20.8. The highest BCUT2D eigenvalue weighted by Gasteiger charge is 2.06. The van der Waals surface area contributed by atoms with E-state index in [4.69, 9.17) is 34.8 Å². The largest absolute Gasteiger partial charge is 0.247 e. The molecule has 1 nitrogen and oxygen atoms in total. The Bertz CT molecular complexity index is 236. The van der Waals surface area contributed by atoms with Gasteiger partial charge in [0.15, 0.2) is 0 Å². The lowest BCUT2D eigenvalue weighted by atomic mass is 10.5. The van der Waals surface area contributed by atoms with Crippen molar-refractivity contribution in [2.75, 3.05) is 0 Å². The van der Waals surface area contributed by atoms with E-state index in [-0.39, 0.29) is 5.02 Å². The van der Waals surface area contributed by atoms with E-state index in [2.05, 4.69) is 17.6 Å². The van der Waals surface area contributed by atoms with Crippen molar-refractivity contribution in [3.8, 4) is 0 Å². The zero-order valence-electron chi connectivity index (χ0n) is 4.61. The number of nitrogens with zero attached hydrogens (tertiary/aromatic N) is 1. The molecule has 0 aliphatic rings. The van der Waals surface area contributed by atoms with E-state index < -0.39 is 0 Å². The summed E-state index contributed by atoms with van der Waals surface area (Å²) in [5.74, 6) is 0. The van der Waals surface area contributed by atoms with Crippen LogP contribution < -0.4 is 0 Å². The maximum Gasteiger partial charge on any atom is 0.113 e. The average Bonchev–Trinajstić information content (AvgIpc) is 1.93. The molecule has 0 aliphatic heterocycles. The Labute approximate surface area is 78.7 Å². The van der Waals surface area contributed by atoms with Gasteiger partial charge in [0.1, 0.15) is 5.03 Å². The van der Waals surface area contributed by atoms with Crippen molar-refractivity contribution < 1.29 is 0 Å². The van der Waals surface area contributed by atoms with Gasteiger partial charge in [-0.2, -0.15) is 0 Å². The monoisotopic (exact) mass is 213 g/mol. The van der Waals surface area contributed by atoms with Crippen LogP contribution in [0.2, 0.25) is 15.1 Å². The molecule has 0 unspecified atom stereocenters. The van der Waals surface area contributed by atoms with Gasteiger partial charge in [0.2, 0.25) is 0 Å². The van der Waals surface area contributed by atoms with Crippen molar-refractivity contribution in [2.24, 2.45) is 0 Å². The van der Waals surface area contributed by atoms with E-state index in [1.165, 1.54) is 6.20 Å². The first-order valence-corrected chi connectivity index (χ1v) is 3.89. The van der Waals surface area contributed by atoms with Crippen LogP contribution in [-0.2, 0) is 0 Å². The second kappa shape index (κ2) is 3.18. The van der Waals surface area contributed by atoms with E-state index in [0.29, 0.717) is 15.1 Å². The van der Waals surface area contributed by atoms with Gasteiger partial charge in [-0.3, -0.25) is 0 Å². The zero-order valence-corrected chi connectivity index (χ0v) is 7.77. The number of pyridine rings is 1. The summed E-state index contributed by atoms with van der Waals surface area (Å²) in [6.45, 7) is 0. The van der Waals surface area contributed by atoms with Gasteiger partial charge in [-0.15, -0.1) is 12.6 Å². The second-order valence-corrected chi connectivity index (χ2v) is 3.14. The quantitative estimate of drug-likeness (QED) is 0.654. The first-order chi connectivity index (χ1) is 4.63. The van der Waals surface area contributed by atoms with Gasteiger partial charge in [-0.1, -0.05) is 34.8 Å². The van der Waals surface area contributed by atoms with Crippen molar-refractivity contribution >= 4 is 47.4 Å². The number of halogens is 3. The van der Waals surface area contributed by atoms with Crippen LogP contribution in [-0.4, -0.2) is 4.98 Å². The molecule has 1 heterocycles. The molecule has 1 rings (SSSR count). The van der Waals surface area contributed by atoms with Crippen LogP contribution in [0.3, 0.4) is 0 Å². The fraction of sp³-hybridized carbons (Fsp3) is 0. The Morgan fingerprint density at radius 1 is 1.20 bits per heavy atom. The van der Waals surface area contributed by atoms with Crippen molar-refractivity contribution in [3.63, 3.8) is 0 Å². The minimum Gasteiger partial charge on any atom is -0.247 e. The van der Waals surface area contributed by atoms with Crippen molar-refractivity contribution in [1.29, 1.82) is 0 Å². The molecule has 1 aromatic heterocycles. The zero-order chi connectivity index (χ0) is 7.72. The Balaban J connectivity index is 3.34. The van der Waals surface area contributed by atoms with E-state index in [1.807, 2.05) is 0 Å². The van der Waals surface area contributed by atoms with Gasteiger partial charge in [0.25, 0.3) is 0 Å². The van der Waals surface area contributed by atoms with Crippen molar-refractivity contribution in [3.05, 3.63) is 21.3 Å². The maximum absolute atomic E-state index is 5.63. The first-order valence-electron chi connectivity index (χ1n) is 2.31. The molecule has 0 saturated heterocycles. The van der Waals surface area contributed by atoms with Crippen LogP contribution in [0.25, 0.3) is 0 Å². The Kier molecular flexibility index (Phi) is 2.69. The number of thiol groups is 1. The van der Waals surface area contributed by atoms with E-state index in [0.717, 1.165) is 0 Å². The molecular weight excluding hydrogens is 212 g/mol. The normalized spacial score (nSPS) is 10.0. The molecule has 0 fully saturated rings. The highest BCUT2D eigenvalue weighted by atomic mass is 35.5. The predicted molar refractivity (Wildman–Crippen MR) is 46.5 cm³/mol. The lowest BCUT2D eigenvalue weighted by Gasteiger charge is -1.98. The van der Waals surface area contributed by atoms with E-state index in [9.17, 15) is 0 Å². The minimum atomic E-state index is 0.289. The van der Waals surface area contributed by atoms with Gasteiger partial charge >= 0.3 is 0 Å². The lowest BCUT2D eigenvalue weighted by molar-refractivity contribution is 1.14. The van der Waals surface area contributed by atoms with Crippen LogP contribution in [0.15, 0.2) is 11.2 Å².